The van der Waals surface area contributed by atoms with Gasteiger partial charge < -0.3 is 20.1 Å². The lowest BCUT2D eigenvalue weighted by molar-refractivity contribution is -0.122. The van der Waals surface area contributed by atoms with Gasteiger partial charge in [0.25, 0.3) is 11.8 Å². The molecule has 2 N–H and O–H groups in total. The summed E-state index contributed by atoms with van der Waals surface area (Å²) in [7, 11) is 1.52. The minimum atomic E-state index is -0.284. The number of hydrogen-bond acceptors (Lipinski definition) is 4. The van der Waals surface area contributed by atoms with Crippen molar-refractivity contribution in [2.24, 2.45) is 0 Å². The average Bonchev–Trinajstić information content (AvgIpc) is 2.60. The van der Waals surface area contributed by atoms with Gasteiger partial charge in [0, 0.05) is 18.3 Å². The minimum Gasteiger partial charge on any atom is -0.496 e. The molecule has 2 aromatic rings. The lowest BCUT2D eigenvalue weighted by Crippen LogP contribution is -2.28. The predicted octanol–water partition coefficient (Wildman–Crippen LogP) is 2.46. The molecule has 2 rings (SSSR count). The molecule has 0 saturated heterocycles. The van der Waals surface area contributed by atoms with Gasteiger partial charge >= 0.3 is 0 Å². The standard InChI is InChI=1S/C18H20N2O4/c1-3-19-17(21)12-24-14-8-6-7-13(11-14)20-18(22)15-9-4-5-10-16(15)23-2/h4-11H,3,12H2,1-2H3,(H,19,21)(H,20,22). The number of rotatable bonds is 7. The van der Waals surface area contributed by atoms with Gasteiger partial charge in [0.15, 0.2) is 6.61 Å². The summed E-state index contributed by atoms with van der Waals surface area (Å²) < 4.78 is 10.6. The normalized spacial score (nSPS) is 9.92. The highest BCUT2D eigenvalue weighted by Gasteiger charge is 2.12. The first-order valence-corrected chi connectivity index (χ1v) is 7.58. The third-order valence-corrected chi connectivity index (χ3v) is 3.19. The summed E-state index contributed by atoms with van der Waals surface area (Å²) in [6.45, 7) is 2.32. The lowest BCUT2D eigenvalue weighted by Gasteiger charge is -2.11. The van der Waals surface area contributed by atoms with Crippen molar-refractivity contribution in [1.82, 2.24) is 5.32 Å². The van der Waals surface area contributed by atoms with E-state index in [4.69, 9.17) is 9.47 Å². The molecule has 6 nitrogen and oxygen atoms in total. The maximum atomic E-state index is 12.4. The highest BCUT2D eigenvalue weighted by atomic mass is 16.5. The van der Waals surface area contributed by atoms with Crippen LogP contribution in [0.4, 0.5) is 5.69 Å². The molecular formula is C18H20N2O4. The highest BCUT2D eigenvalue weighted by molar-refractivity contribution is 6.06. The fourth-order valence-electron chi connectivity index (χ4n) is 2.09. The van der Waals surface area contributed by atoms with E-state index in [0.29, 0.717) is 29.3 Å². The topological polar surface area (TPSA) is 76.7 Å². The summed E-state index contributed by atoms with van der Waals surface area (Å²) in [6.07, 6.45) is 0. The van der Waals surface area contributed by atoms with Crippen molar-refractivity contribution in [2.45, 2.75) is 6.92 Å². The number of ether oxygens (including phenoxy) is 2. The third kappa shape index (κ3) is 4.74. The molecule has 0 bridgehead atoms. The van der Waals surface area contributed by atoms with E-state index in [9.17, 15) is 9.59 Å². The Hall–Kier alpha value is -3.02. The van der Waals surface area contributed by atoms with Crippen LogP contribution in [0.1, 0.15) is 17.3 Å². The first-order chi connectivity index (χ1) is 11.6. The van der Waals surface area contributed by atoms with E-state index in [1.54, 1.807) is 48.5 Å². The van der Waals surface area contributed by atoms with Crippen LogP contribution in [0.3, 0.4) is 0 Å². The van der Waals surface area contributed by atoms with Gasteiger partial charge in [-0.2, -0.15) is 0 Å². The largest absolute Gasteiger partial charge is 0.496 e. The molecule has 0 fully saturated rings. The molecule has 0 heterocycles. The second-order valence-corrected chi connectivity index (χ2v) is 4.92. The Bertz CT molecular complexity index is 716. The van der Waals surface area contributed by atoms with E-state index in [0.717, 1.165) is 0 Å². The molecule has 0 atom stereocenters. The van der Waals surface area contributed by atoms with E-state index < -0.39 is 0 Å². The highest BCUT2D eigenvalue weighted by Crippen LogP contribution is 2.21. The number of benzene rings is 2. The molecule has 2 aromatic carbocycles. The second kappa shape index (κ2) is 8.57. The van der Waals surface area contributed by atoms with Gasteiger partial charge in [0.1, 0.15) is 11.5 Å². The smallest absolute Gasteiger partial charge is 0.259 e. The maximum Gasteiger partial charge on any atom is 0.259 e. The van der Waals surface area contributed by atoms with Crippen LogP contribution in [-0.2, 0) is 4.79 Å². The Morgan fingerprint density at radius 3 is 2.62 bits per heavy atom. The van der Waals surface area contributed by atoms with Gasteiger partial charge in [0.05, 0.1) is 12.7 Å². The molecule has 6 heteroatoms. The molecule has 0 unspecified atom stereocenters. The number of amides is 2. The average molecular weight is 328 g/mol. The van der Waals surface area contributed by atoms with Gasteiger partial charge in [-0.25, -0.2) is 0 Å². The molecule has 0 aromatic heterocycles. The van der Waals surface area contributed by atoms with Crippen molar-refractivity contribution in [1.29, 1.82) is 0 Å². The van der Waals surface area contributed by atoms with Crippen LogP contribution < -0.4 is 20.1 Å². The van der Waals surface area contributed by atoms with E-state index in [2.05, 4.69) is 10.6 Å². The Balaban J connectivity index is 2.03. The number of anilines is 1. The number of carbonyl (C=O) groups is 2. The van der Waals surface area contributed by atoms with Crippen molar-refractivity contribution >= 4 is 17.5 Å². The zero-order valence-electron chi connectivity index (χ0n) is 13.7. The van der Waals surface area contributed by atoms with Crippen LogP contribution in [0.5, 0.6) is 11.5 Å². The number of nitrogens with one attached hydrogen (secondary N) is 2. The monoisotopic (exact) mass is 328 g/mol. The molecule has 0 aliphatic rings. The van der Waals surface area contributed by atoms with Gasteiger partial charge in [0.2, 0.25) is 0 Å². The molecule has 2 amide bonds. The van der Waals surface area contributed by atoms with E-state index in [1.807, 2.05) is 6.92 Å². The first-order valence-electron chi connectivity index (χ1n) is 7.58. The minimum absolute atomic E-state index is 0.0717. The van der Waals surface area contributed by atoms with Crippen LogP contribution in [0.2, 0.25) is 0 Å². The van der Waals surface area contributed by atoms with Gasteiger partial charge in [-0.3, -0.25) is 9.59 Å². The summed E-state index contributed by atoms with van der Waals surface area (Å²) in [5, 5.41) is 5.44. The second-order valence-electron chi connectivity index (χ2n) is 4.92. The maximum absolute atomic E-state index is 12.4. The summed E-state index contributed by atoms with van der Waals surface area (Å²) in [6, 6.07) is 13.8. The Morgan fingerprint density at radius 2 is 1.88 bits per heavy atom. The van der Waals surface area contributed by atoms with Gasteiger partial charge in [-0.15, -0.1) is 0 Å². The number of methoxy groups -OCH3 is 1. The number of para-hydroxylation sites is 1. The molecule has 0 saturated carbocycles. The number of likely N-dealkylation sites (N-methyl/N-ethyl adjacent to an activating group) is 1. The number of carbonyl (C=O) groups excluding carboxylic acids is 2. The van der Waals surface area contributed by atoms with Crippen molar-refractivity contribution in [3.8, 4) is 11.5 Å². The molecule has 0 aliphatic carbocycles. The Kier molecular flexibility index (Phi) is 6.19. The van der Waals surface area contributed by atoms with Crippen LogP contribution in [-0.4, -0.2) is 32.1 Å². The number of hydrogen-bond donors (Lipinski definition) is 2. The Morgan fingerprint density at radius 1 is 1.08 bits per heavy atom. The van der Waals surface area contributed by atoms with Crippen LogP contribution >= 0.6 is 0 Å². The zero-order chi connectivity index (χ0) is 17.4. The van der Waals surface area contributed by atoms with Crippen LogP contribution in [0.25, 0.3) is 0 Å². The Labute approximate surface area is 140 Å². The quantitative estimate of drug-likeness (QED) is 0.818. The fraction of sp³-hybridized carbons (Fsp3) is 0.222. The molecule has 0 aliphatic heterocycles. The lowest BCUT2D eigenvalue weighted by atomic mass is 10.2. The SMILES string of the molecule is CCNC(=O)COc1cccc(NC(=O)c2ccccc2OC)c1. The van der Waals surface area contributed by atoms with Gasteiger partial charge in [-0.05, 0) is 31.2 Å². The zero-order valence-corrected chi connectivity index (χ0v) is 13.7. The van der Waals surface area contributed by atoms with Crippen molar-refractivity contribution in [3.05, 3.63) is 54.1 Å². The summed E-state index contributed by atoms with van der Waals surface area (Å²) >= 11 is 0. The van der Waals surface area contributed by atoms with Crippen LogP contribution in [0.15, 0.2) is 48.5 Å². The van der Waals surface area contributed by atoms with E-state index in [1.165, 1.54) is 7.11 Å². The van der Waals surface area contributed by atoms with Crippen molar-refractivity contribution in [3.63, 3.8) is 0 Å². The molecule has 0 spiro atoms. The van der Waals surface area contributed by atoms with Crippen molar-refractivity contribution in [2.75, 3.05) is 25.6 Å². The molecule has 0 radical (unpaired) electrons. The third-order valence-electron chi connectivity index (χ3n) is 3.19. The van der Waals surface area contributed by atoms with Gasteiger partial charge in [-0.1, -0.05) is 18.2 Å². The molecular weight excluding hydrogens is 308 g/mol. The molecule has 126 valence electrons. The first kappa shape index (κ1) is 17.3. The molecule has 24 heavy (non-hydrogen) atoms. The summed E-state index contributed by atoms with van der Waals surface area (Å²) in [5.74, 6) is 0.520. The van der Waals surface area contributed by atoms with E-state index in [-0.39, 0.29) is 18.4 Å². The van der Waals surface area contributed by atoms with E-state index >= 15 is 0 Å². The summed E-state index contributed by atoms with van der Waals surface area (Å²) in [5.41, 5.74) is 1.01. The predicted molar refractivity (Wildman–Crippen MR) is 91.6 cm³/mol. The van der Waals surface area contributed by atoms with Crippen molar-refractivity contribution < 1.29 is 19.1 Å². The summed E-state index contributed by atoms with van der Waals surface area (Å²) in [4.78, 5) is 23.8. The van der Waals surface area contributed by atoms with Crippen LogP contribution in [0, 0.1) is 0 Å². The fourth-order valence-corrected chi connectivity index (χ4v) is 2.09.